The third-order valence-corrected chi connectivity index (χ3v) is 5.54. The number of carbonyl (C=O) groups is 3. The monoisotopic (exact) mass is 454 g/mol. The summed E-state index contributed by atoms with van der Waals surface area (Å²) in [7, 11) is 0. The molecule has 0 heterocycles. The maximum absolute atomic E-state index is 12.4. The van der Waals surface area contributed by atoms with Crippen molar-refractivity contribution in [2.45, 2.75) is 32.6 Å². The third-order valence-electron chi connectivity index (χ3n) is 5.54. The summed E-state index contributed by atoms with van der Waals surface area (Å²) >= 11 is 0. The number of benzene rings is 2. The predicted molar refractivity (Wildman–Crippen MR) is 122 cm³/mol. The Morgan fingerprint density at radius 3 is 2.18 bits per heavy atom. The minimum atomic E-state index is -1.18. The second-order valence-corrected chi connectivity index (χ2v) is 8.61. The van der Waals surface area contributed by atoms with Gasteiger partial charge in [-0.05, 0) is 40.5 Å². The number of amides is 2. The van der Waals surface area contributed by atoms with Crippen LogP contribution in [0.1, 0.15) is 43.7 Å². The van der Waals surface area contributed by atoms with Crippen molar-refractivity contribution in [3.05, 3.63) is 59.7 Å². The Bertz CT molecular complexity index is 945. The maximum atomic E-state index is 12.4. The average molecular weight is 455 g/mol. The van der Waals surface area contributed by atoms with Gasteiger partial charge in [0.1, 0.15) is 6.61 Å². The Hall–Kier alpha value is -3.39. The number of carboxylic acids is 1. The molecule has 0 saturated carbocycles. The quantitative estimate of drug-likeness (QED) is 0.446. The van der Waals surface area contributed by atoms with E-state index in [1.807, 2.05) is 38.1 Å². The van der Waals surface area contributed by atoms with E-state index in [0.29, 0.717) is 12.3 Å². The molecule has 2 aromatic rings. The lowest BCUT2D eigenvalue weighted by Crippen LogP contribution is -2.35. The van der Waals surface area contributed by atoms with Crippen molar-refractivity contribution in [2.75, 3.05) is 19.8 Å². The number of carbonyl (C=O) groups excluding carboxylic acids is 2. The number of carboxylic acid groups (broad SMARTS) is 1. The highest BCUT2D eigenvalue weighted by atomic mass is 16.7. The van der Waals surface area contributed by atoms with Gasteiger partial charge < -0.3 is 15.2 Å². The molecule has 1 aliphatic rings. The van der Waals surface area contributed by atoms with Crippen LogP contribution < -0.4 is 10.8 Å². The molecule has 0 fully saturated rings. The number of alkyl carbamates (subject to hydrolysis) is 1. The molecule has 176 valence electrons. The second kappa shape index (κ2) is 11.5. The minimum Gasteiger partial charge on any atom is -0.479 e. The van der Waals surface area contributed by atoms with E-state index in [1.54, 1.807) is 0 Å². The lowest BCUT2D eigenvalue weighted by atomic mass is 9.94. The fraction of sp³-hybridized carbons (Fsp3) is 0.400. The van der Waals surface area contributed by atoms with E-state index in [-0.39, 0.29) is 31.4 Å². The summed E-state index contributed by atoms with van der Waals surface area (Å²) in [5.41, 5.74) is 6.73. The molecule has 3 N–H and O–H groups in total. The molecule has 2 amide bonds. The summed E-state index contributed by atoms with van der Waals surface area (Å²) in [6.45, 7) is 3.93. The van der Waals surface area contributed by atoms with E-state index in [0.717, 1.165) is 22.3 Å². The van der Waals surface area contributed by atoms with Crippen LogP contribution in [0.2, 0.25) is 0 Å². The fourth-order valence-corrected chi connectivity index (χ4v) is 4.26. The fourth-order valence-electron chi connectivity index (χ4n) is 4.26. The first-order valence-corrected chi connectivity index (χ1v) is 11.1. The second-order valence-electron chi connectivity index (χ2n) is 8.61. The summed E-state index contributed by atoms with van der Waals surface area (Å²) in [4.78, 5) is 39.6. The summed E-state index contributed by atoms with van der Waals surface area (Å²) in [5.74, 6) is -1.46. The highest BCUT2D eigenvalue weighted by Crippen LogP contribution is 2.44. The molecular formula is C25H30N2O6. The summed E-state index contributed by atoms with van der Waals surface area (Å²) in [6, 6.07) is 16.3. The molecule has 3 rings (SSSR count). The van der Waals surface area contributed by atoms with E-state index in [1.165, 1.54) is 0 Å². The van der Waals surface area contributed by atoms with Crippen LogP contribution in [0.4, 0.5) is 4.79 Å². The zero-order valence-electron chi connectivity index (χ0n) is 18.9. The first-order chi connectivity index (χ1) is 15.8. The number of ether oxygens (including phenoxy) is 1. The van der Waals surface area contributed by atoms with E-state index in [9.17, 15) is 14.4 Å². The number of aliphatic carboxylic acids is 1. The summed E-state index contributed by atoms with van der Waals surface area (Å²) in [6.07, 6.45) is 0.269. The number of hydrogen-bond donors (Lipinski definition) is 3. The molecule has 0 aromatic heterocycles. The van der Waals surface area contributed by atoms with E-state index >= 15 is 0 Å². The van der Waals surface area contributed by atoms with Crippen molar-refractivity contribution in [1.82, 2.24) is 10.8 Å². The molecule has 1 aliphatic carbocycles. The molecule has 0 saturated heterocycles. The van der Waals surface area contributed by atoms with Crippen LogP contribution in [0.15, 0.2) is 48.5 Å². The smallest absolute Gasteiger partial charge is 0.407 e. The zero-order chi connectivity index (χ0) is 23.8. The van der Waals surface area contributed by atoms with Gasteiger partial charge in [0.25, 0.3) is 0 Å². The van der Waals surface area contributed by atoms with Gasteiger partial charge in [0.15, 0.2) is 6.61 Å². The largest absolute Gasteiger partial charge is 0.479 e. The maximum Gasteiger partial charge on any atom is 0.407 e. The van der Waals surface area contributed by atoms with Crippen LogP contribution in [-0.4, -0.2) is 42.8 Å². The van der Waals surface area contributed by atoms with Crippen LogP contribution in [-0.2, 0) is 19.2 Å². The topological polar surface area (TPSA) is 114 Å². The zero-order valence-corrected chi connectivity index (χ0v) is 18.9. The van der Waals surface area contributed by atoms with Gasteiger partial charge in [-0.3, -0.25) is 9.63 Å². The first kappa shape index (κ1) is 24.3. The molecule has 2 aromatic carbocycles. The SMILES string of the molecule is CC(C)C[C@H](CNC(=O)OCC1c2ccccc2-c2ccccc21)CC(=O)NOCC(=O)O. The van der Waals surface area contributed by atoms with Gasteiger partial charge in [0.2, 0.25) is 5.91 Å². The Kier molecular flexibility index (Phi) is 8.43. The number of hydroxylamine groups is 1. The van der Waals surface area contributed by atoms with Crippen LogP contribution in [0.25, 0.3) is 11.1 Å². The molecule has 0 unspecified atom stereocenters. The van der Waals surface area contributed by atoms with Gasteiger partial charge >= 0.3 is 12.1 Å². The van der Waals surface area contributed by atoms with Gasteiger partial charge in [-0.15, -0.1) is 0 Å². The summed E-state index contributed by atoms with van der Waals surface area (Å²) < 4.78 is 5.55. The van der Waals surface area contributed by atoms with Gasteiger partial charge in [-0.1, -0.05) is 62.4 Å². The third kappa shape index (κ3) is 6.79. The van der Waals surface area contributed by atoms with Crippen molar-refractivity contribution in [2.24, 2.45) is 11.8 Å². The Morgan fingerprint density at radius 1 is 1.00 bits per heavy atom. The summed E-state index contributed by atoms with van der Waals surface area (Å²) in [5, 5.41) is 11.3. The normalized spacial score (nSPS) is 13.2. The van der Waals surface area contributed by atoms with Crippen LogP contribution in [0.3, 0.4) is 0 Å². The van der Waals surface area contributed by atoms with Crippen LogP contribution >= 0.6 is 0 Å². The number of hydrogen-bond acceptors (Lipinski definition) is 5. The molecule has 0 aliphatic heterocycles. The Balaban J connectivity index is 1.52. The highest BCUT2D eigenvalue weighted by molar-refractivity contribution is 5.79. The lowest BCUT2D eigenvalue weighted by Gasteiger charge is -2.20. The predicted octanol–water partition coefficient (Wildman–Crippen LogP) is 3.71. The lowest BCUT2D eigenvalue weighted by molar-refractivity contribution is -0.149. The van der Waals surface area contributed by atoms with Gasteiger partial charge in [0.05, 0.1) is 0 Å². The molecule has 0 bridgehead atoms. The van der Waals surface area contributed by atoms with Crippen molar-refractivity contribution in [3.8, 4) is 11.1 Å². The van der Waals surface area contributed by atoms with Crippen LogP contribution in [0.5, 0.6) is 0 Å². The van der Waals surface area contributed by atoms with Crippen molar-refractivity contribution >= 4 is 18.0 Å². The van der Waals surface area contributed by atoms with E-state index < -0.39 is 24.6 Å². The van der Waals surface area contributed by atoms with Crippen molar-refractivity contribution < 1.29 is 29.1 Å². The molecule has 1 atom stereocenters. The molecule has 8 nitrogen and oxygen atoms in total. The van der Waals surface area contributed by atoms with E-state index in [4.69, 9.17) is 9.84 Å². The highest BCUT2D eigenvalue weighted by Gasteiger charge is 2.29. The molecule has 33 heavy (non-hydrogen) atoms. The van der Waals surface area contributed by atoms with Gasteiger partial charge in [-0.25, -0.2) is 15.1 Å². The van der Waals surface area contributed by atoms with Crippen LogP contribution in [0, 0.1) is 11.8 Å². The molecule has 8 heteroatoms. The average Bonchev–Trinajstić information content (AvgIpc) is 3.09. The number of rotatable bonds is 11. The molecule has 0 spiro atoms. The van der Waals surface area contributed by atoms with Crippen molar-refractivity contribution in [3.63, 3.8) is 0 Å². The standard InChI is InChI=1S/C25H30N2O6/c1-16(2)11-17(12-23(28)27-33-15-24(29)30)13-26-25(31)32-14-22-20-9-5-3-7-18(20)19-8-4-6-10-21(19)22/h3-10,16-17,22H,11-15H2,1-2H3,(H,26,31)(H,27,28)(H,29,30)/t17-/m0/s1. The minimum absolute atomic E-state index is 0.0215. The Morgan fingerprint density at radius 2 is 1.61 bits per heavy atom. The number of nitrogens with one attached hydrogen (secondary N) is 2. The van der Waals surface area contributed by atoms with Gasteiger partial charge in [-0.2, -0.15) is 0 Å². The van der Waals surface area contributed by atoms with Crippen molar-refractivity contribution in [1.29, 1.82) is 0 Å². The number of fused-ring (bicyclic) bond motifs is 3. The van der Waals surface area contributed by atoms with Gasteiger partial charge in [0, 0.05) is 18.9 Å². The molecular weight excluding hydrogens is 424 g/mol. The van der Waals surface area contributed by atoms with E-state index in [2.05, 4.69) is 39.9 Å². The first-order valence-electron chi connectivity index (χ1n) is 11.1. The molecule has 0 radical (unpaired) electrons. The Labute approximate surface area is 193 Å².